The van der Waals surface area contributed by atoms with Gasteiger partial charge in [0.05, 0.1) is 17.7 Å². The fourth-order valence-electron chi connectivity index (χ4n) is 5.18. The Labute approximate surface area is 183 Å². The number of nitrogens with one attached hydrogen (secondary N) is 2. The van der Waals surface area contributed by atoms with Crippen LogP contribution in [0.4, 0.5) is 13.6 Å². The van der Waals surface area contributed by atoms with Crippen molar-refractivity contribution in [3.05, 3.63) is 34.4 Å². The molecule has 2 saturated carbocycles. The molecule has 0 aromatic heterocycles. The maximum Gasteiger partial charge on any atom is 0.325 e. The average Bonchev–Trinajstić information content (AvgIpc) is 3.30. The molecule has 0 unspecified atom stereocenters. The summed E-state index contributed by atoms with van der Waals surface area (Å²) in [6, 6.07) is 0.779. The van der Waals surface area contributed by atoms with Gasteiger partial charge in [0, 0.05) is 18.0 Å². The van der Waals surface area contributed by atoms with Gasteiger partial charge in [0.15, 0.2) is 0 Å². The van der Waals surface area contributed by atoms with E-state index in [0.717, 1.165) is 37.8 Å². The number of aliphatic hydroxyl groups is 1. The van der Waals surface area contributed by atoms with Crippen LogP contribution in [0.25, 0.3) is 0 Å². The van der Waals surface area contributed by atoms with Gasteiger partial charge in [0.1, 0.15) is 17.2 Å². The summed E-state index contributed by atoms with van der Waals surface area (Å²) < 4.78 is 29.3. The van der Waals surface area contributed by atoms with Crippen LogP contribution in [0.1, 0.15) is 50.1 Å². The molecule has 1 aromatic carbocycles. The second-order valence-corrected chi connectivity index (χ2v) is 8.97. The Balaban J connectivity index is 1.53. The maximum absolute atomic E-state index is 14.7. The first-order valence-corrected chi connectivity index (χ1v) is 10.8. The predicted molar refractivity (Wildman–Crippen MR) is 107 cm³/mol. The summed E-state index contributed by atoms with van der Waals surface area (Å²) in [6.07, 6.45) is 3.46. The predicted octanol–water partition coefficient (Wildman–Crippen LogP) is 2.66. The molecule has 1 saturated heterocycles. The van der Waals surface area contributed by atoms with E-state index in [1.165, 1.54) is 4.90 Å². The molecule has 10 heteroatoms. The van der Waals surface area contributed by atoms with Crippen molar-refractivity contribution >= 4 is 29.4 Å². The number of amides is 4. The molecule has 1 atom stereocenters. The number of imide groups is 1. The second-order valence-electron chi connectivity index (χ2n) is 8.56. The Morgan fingerprint density at radius 2 is 1.97 bits per heavy atom. The molecule has 2 aliphatic carbocycles. The van der Waals surface area contributed by atoms with Gasteiger partial charge in [-0.3, -0.25) is 14.9 Å². The zero-order valence-corrected chi connectivity index (χ0v) is 17.6. The monoisotopic (exact) mass is 455 g/mol. The first kappa shape index (κ1) is 22.0. The van der Waals surface area contributed by atoms with Crippen LogP contribution in [0.2, 0.25) is 5.02 Å². The molecule has 3 fully saturated rings. The topological polar surface area (TPSA) is 98.7 Å². The molecule has 0 radical (unpaired) electrons. The van der Waals surface area contributed by atoms with Gasteiger partial charge >= 0.3 is 6.03 Å². The molecule has 4 rings (SSSR count). The molecule has 0 bridgehead atoms. The summed E-state index contributed by atoms with van der Waals surface area (Å²) in [4.78, 5) is 38.6. The minimum atomic E-state index is -1.16. The van der Waals surface area contributed by atoms with Crippen LogP contribution in [0, 0.1) is 23.5 Å². The van der Waals surface area contributed by atoms with Crippen molar-refractivity contribution in [1.29, 1.82) is 0 Å². The number of nitrogens with zero attached hydrogens (tertiary/aromatic N) is 1. The van der Waals surface area contributed by atoms with E-state index in [2.05, 4.69) is 10.6 Å². The normalized spacial score (nSPS) is 26.8. The molecule has 1 aromatic rings. The highest BCUT2D eigenvalue weighted by Gasteiger charge is 2.61. The third-order valence-electron chi connectivity index (χ3n) is 6.83. The number of aliphatic hydroxyl groups excluding tert-OH is 1. The number of halogens is 3. The van der Waals surface area contributed by atoms with E-state index < -0.39 is 47.0 Å². The largest absolute Gasteiger partial charge is 0.395 e. The number of hydrogen-bond acceptors (Lipinski definition) is 4. The summed E-state index contributed by atoms with van der Waals surface area (Å²) in [6.45, 7) is -0.327. The second kappa shape index (κ2) is 8.35. The number of carbonyl (C=O) groups excluding carboxylic acids is 3. The minimum absolute atomic E-state index is 0.0183. The zero-order chi connectivity index (χ0) is 22.3. The van der Waals surface area contributed by atoms with Crippen LogP contribution in [0.15, 0.2) is 12.1 Å². The summed E-state index contributed by atoms with van der Waals surface area (Å²) >= 11 is 5.87. The number of β-amino-alcohol motifs (C(OH)–C–C–N with tert-alkyl or cyclic N) is 1. The standard InChI is InChI=1S/C21H24ClF2N3O4/c22-13-5-6-14(23)15(16(13)24)17(11-3-1-2-4-11)25-18(29)12-9-21(10-12)19(30)26-20(31)27(21)7-8-28/h5-6,11-12,17,28H,1-4,7-10H2,(H,25,29)(H,26,30,31)/t12?,17-,21?/m0/s1. The molecule has 7 nitrogen and oxygen atoms in total. The summed E-state index contributed by atoms with van der Waals surface area (Å²) in [5, 5.41) is 14.0. The van der Waals surface area contributed by atoms with Crippen molar-refractivity contribution in [2.75, 3.05) is 13.2 Å². The number of benzene rings is 1. The van der Waals surface area contributed by atoms with E-state index in [-0.39, 0.29) is 42.5 Å². The number of rotatable bonds is 6. The van der Waals surface area contributed by atoms with Gasteiger partial charge in [-0.05, 0) is 43.7 Å². The Kier molecular flexibility index (Phi) is 5.91. The SMILES string of the molecule is O=C(N[C@H](c1c(F)ccc(Cl)c1F)C1CCCC1)C1CC2(C1)C(=O)NC(=O)N2CCO. The minimum Gasteiger partial charge on any atom is -0.395 e. The van der Waals surface area contributed by atoms with Crippen molar-refractivity contribution in [2.45, 2.75) is 50.1 Å². The highest BCUT2D eigenvalue weighted by atomic mass is 35.5. The van der Waals surface area contributed by atoms with E-state index in [9.17, 15) is 28.3 Å². The molecule has 1 heterocycles. The van der Waals surface area contributed by atoms with Crippen LogP contribution in [0.5, 0.6) is 0 Å². The van der Waals surface area contributed by atoms with Gasteiger partial charge in [-0.2, -0.15) is 0 Å². The summed E-state index contributed by atoms with van der Waals surface area (Å²) in [5.41, 5.74) is -1.39. The number of carbonyl (C=O) groups is 3. The van der Waals surface area contributed by atoms with Crippen molar-refractivity contribution in [3.8, 4) is 0 Å². The third kappa shape index (κ3) is 3.67. The fraction of sp³-hybridized carbons (Fsp3) is 0.571. The zero-order valence-electron chi connectivity index (χ0n) is 16.8. The van der Waals surface area contributed by atoms with Gasteiger partial charge in [-0.1, -0.05) is 24.4 Å². The molecular weight excluding hydrogens is 432 g/mol. The lowest BCUT2D eigenvalue weighted by Gasteiger charge is -2.47. The van der Waals surface area contributed by atoms with Gasteiger partial charge in [-0.15, -0.1) is 0 Å². The molecule has 4 amide bonds. The Morgan fingerprint density at radius 1 is 1.29 bits per heavy atom. The van der Waals surface area contributed by atoms with Crippen LogP contribution in [-0.2, 0) is 9.59 Å². The Hall–Kier alpha value is -2.26. The van der Waals surface area contributed by atoms with Crippen LogP contribution >= 0.6 is 11.6 Å². The number of hydrogen-bond donors (Lipinski definition) is 3. The first-order valence-electron chi connectivity index (χ1n) is 10.5. The van der Waals surface area contributed by atoms with Gasteiger partial charge in [-0.25, -0.2) is 13.6 Å². The summed E-state index contributed by atoms with van der Waals surface area (Å²) in [5.74, 6) is -3.26. The van der Waals surface area contributed by atoms with E-state index in [1.54, 1.807) is 0 Å². The van der Waals surface area contributed by atoms with Crippen molar-refractivity contribution in [1.82, 2.24) is 15.5 Å². The average molecular weight is 456 g/mol. The lowest BCUT2D eigenvalue weighted by atomic mass is 9.66. The maximum atomic E-state index is 14.7. The van der Waals surface area contributed by atoms with E-state index in [0.29, 0.717) is 0 Å². The fourth-order valence-corrected chi connectivity index (χ4v) is 5.34. The van der Waals surface area contributed by atoms with E-state index in [1.807, 2.05) is 0 Å². The molecule has 1 spiro atoms. The lowest BCUT2D eigenvalue weighted by molar-refractivity contribution is -0.142. The first-order chi connectivity index (χ1) is 14.8. The molecule has 3 N–H and O–H groups in total. The van der Waals surface area contributed by atoms with E-state index in [4.69, 9.17) is 11.6 Å². The molecular formula is C21H24ClF2N3O4. The highest BCUT2D eigenvalue weighted by molar-refractivity contribution is 6.30. The quantitative estimate of drug-likeness (QED) is 0.453. The third-order valence-corrected chi connectivity index (χ3v) is 7.12. The van der Waals surface area contributed by atoms with E-state index >= 15 is 0 Å². The van der Waals surface area contributed by atoms with Gasteiger partial charge in [0.25, 0.3) is 5.91 Å². The molecule has 31 heavy (non-hydrogen) atoms. The van der Waals surface area contributed by atoms with Crippen molar-refractivity contribution in [2.24, 2.45) is 11.8 Å². The Morgan fingerprint density at radius 3 is 2.61 bits per heavy atom. The lowest BCUT2D eigenvalue weighted by Crippen LogP contribution is -2.62. The highest BCUT2D eigenvalue weighted by Crippen LogP contribution is 2.46. The van der Waals surface area contributed by atoms with Crippen LogP contribution in [-0.4, -0.2) is 46.5 Å². The Bertz CT molecular complexity index is 916. The molecule has 1 aliphatic heterocycles. The molecule has 3 aliphatic rings. The van der Waals surface area contributed by atoms with Crippen LogP contribution < -0.4 is 10.6 Å². The molecule has 168 valence electrons. The van der Waals surface area contributed by atoms with Crippen molar-refractivity contribution in [3.63, 3.8) is 0 Å². The number of urea groups is 1. The smallest absolute Gasteiger partial charge is 0.325 e. The van der Waals surface area contributed by atoms with Gasteiger partial charge < -0.3 is 15.3 Å². The van der Waals surface area contributed by atoms with Gasteiger partial charge in [0.2, 0.25) is 5.91 Å². The van der Waals surface area contributed by atoms with Crippen molar-refractivity contribution < 1.29 is 28.3 Å². The van der Waals surface area contributed by atoms with Crippen LogP contribution in [0.3, 0.4) is 0 Å². The summed E-state index contributed by atoms with van der Waals surface area (Å²) in [7, 11) is 0.